The van der Waals surface area contributed by atoms with Gasteiger partial charge in [0.25, 0.3) is 11.8 Å². The number of fused-ring (bicyclic) bond motifs is 2. The number of pyridine rings is 1. The number of aryl methyl sites for hydroxylation is 1. The van der Waals surface area contributed by atoms with Crippen molar-refractivity contribution < 1.29 is 9.53 Å². The van der Waals surface area contributed by atoms with Gasteiger partial charge in [-0.25, -0.2) is 9.97 Å². The Balaban J connectivity index is 1.38. The second-order valence-electron chi connectivity index (χ2n) is 8.23. The highest BCUT2D eigenvalue weighted by molar-refractivity contribution is 7.20. The summed E-state index contributed by atoms with van der Waals surface area (Å²) in [6.07, 6.45) is 4.72. The van der Waals surface area contributed by atoms with E-state index in [2.05, 4.69) is 39.2 Å². The average Bonchev–Trinajstić information content (AvgIpc) is 3.49. The molecule has 0 spiro atoms. The Kier molecular flexibility index (Phi) is 5.18. The van der Waals surface area contributed by atoms with Gasteiger partial charge in [-0.05, 0) is 45.6 Å². The molecule has 9 nitrogen and oxygen atoms in total. The van der Waals surface area contributed by atoms with E-state index in [9.17, 15) is 4.79 Å². The smallest absolute Gasteiger partial charge is 0.267 e. The predicted molar refractivity (Wildman–Crippen MR) is 126 cm³/mol. The Labute approximate surface area is 189 Å². The SMILES string of the molecule is COc1nc(NC(=O)c2cc3ccc(N4CC[C@@H](N(C)C)C4)nc3s2)cn2cc(C)nc12. The fourth-order valence-electron chi connectivity index (χ4n) is 4.04. The number of ether oxygens (including phenoxy) is 1. The summed E-state index contributed by atoms with van der Waals surface area (Å²) in [5.41, 5.74) is 1.45. The molecular formula is C22H25N7O2S. The summed E-state index contributed by atoms with van der Waals surface area (Å²) in [5.74, 6) is 1.49. The first-order valence-electron chi connectivity index (χ1n) is 10.4. The monoisotopic (exact) mass is 451 g/mol. The van der Waals surface area contributed by atoms with E-state index < -0.39 is 0 Å². The van der Waals surface area contributed by atoms with Gasteiger partial charge in [-0.15, -0.1) is 11.3 Å². The molecule has 0 saturated carbocycles. The molecule has 1 aliphatic rings. The standard InChI is InChI=1S/C22H25N7O2S/c1-13-10-29-12-17(25-21(31-4)19(29)23-13)24-20(30)16-9-14-5-6-18(26-22(14)32-16)28-8-7-15(11-28)27(2)3/h5-6,9-10,12,15H,7-8,11H2,1-4H3,(H,24,30)/t15-/m1/s1. The van der Waals surface area contributed by atoms with Crippen molar-refractivity contribution in [2.24, 2.45) is 0 Å². The summed E-state index contributed by atoms with van der Waals surface area (Å²) < 4.78 is 7.14. The summed E-state index contributed by atoms with van der Waals surface area (Å²) in [6, 6.07) is 6.49. The van der Waals surface area contributed by atoms with E-state index in [0.717, 1.165) is 41.2 Å². The van der Waals surface area contributed by atoms with Gasteiger partial charge in [-0.1, -0.05) is 0 Å². The summed E-state index contributed by atoms with van der Waals surface area (Å²) in [6.45, 7) is 3.85. The number of nitrogens with one attached hydrogen (secondary N) is 1. The van der Waals surface area contributed by atoms with Gasteiger partial charge in [0.15, 0.2) is 5.82 Å². The highest BCUT2D eigenvalue weighted by Crippen LogP contribution is 2.29. The van der Waals surface area contributed by atoms with Crippen LogP contribution < -0.4 is 15.0 Å². The number of imidazole rings is 1. The Morgan fingerprint density at radius 1 is 1.25 bits per heavy atom. The van der Waals surface area contributed by atoms with Crippen LogP contribution in [0.15, 0.2) is 30.6 Å². The Morgan fingerprint density at radius 2 is 2.09 bits per heavy atom. The number of thiophene rings is 1. The fraction of sp³-hybridized carbons (Fsp3) is 0.364. The minimum Gasteiger partial charge on any atom is -0.478 e. The zero-order chi connectivity index (χ0) is 22.4. The predicted octanol–water partition coefficient (Wildman–Crippen LogP) is 3.05. The van der Waals surface area contributed by atoms with Crippen molar-refractivity contribution in [3.63, 3.8) is 0 Å². The third-order valence-electron chi connectivity index (χ3n) is 5.77. The number of amides is 1. The van der Waals surface area contributed by atoms with Crippen molar-refractivity contribution in [1.29, 1.82) is 0 Å². The molecule has 4 aromatic heterocycles. The molecule has 4 aromatic rings. The maximum absolute atomic E-state index is 12.9. The van der Waals surface area contributed by atoms with Crippen LogP contribution in [-0.2, 0) is 0 Å². The molecule has 1 N–H and O–H groups in total. The molecule has 0 bridgehead atoms. The van der Waals surface area contributed by atoms with Crippen LogP contribution in [0.1, 0.15) is 21.8 Å². The summed E-state index contributed by atoms with van der Waals surface area (Å²) in [5, 5.41) is 3.83. The number of anilines is 2. The van der Waals surface area contributed by atoms with Gasteiger partial charge < -0.3 is 19.9 Å². The van der Waals surface area contributed by atoms with Gasteiger partial charge in [0.05, 0.1) is 23.9 Å². The van der Waals surface area contributed by atoms with Crippen molar-refractivity contribution in [2.45, 2.75) is 19.4 Å². The van der Waals surface area contributed by atoms with Crippen LogP contribution >= 0.6 is 11.3 Å². The lowest BCUT2D eigenvalue weighted by Gasteiger charge is -2.21. The zero-order valence-corrected chi connectivity index (χ0v) is 19.3. The number of methoxy groups -OCH3 is 1. The summed E-state index contributed by atoms with van der Waals surface area (Å²) in [7, 11) is 5.77. The van der Waals surface area contributed by atoms with E-state index in [-0.39, 0.29) is 5.91 Å². The van der Waals surface area contributed by atoms with E-state index in [1.807, 2.05) is 31.3 Å². The first-order valence-corrected chi connectivity index (χ1v) is 11.3. The van der Waals surface area contributed by atoms with Crippen LogP contribution in [0.2, 0.25) is 0 Å². The third-order valence-corrected chi connectivity index (χ3v) is 6.82. The maximum atomic E-state index is 12.9. The van der Waals surface area contributed by atoms with Crippen LogP contribution in [0.5, 0.6) is 5.88 Å². The van der Waals surface area contributed by atoms with Crippen molar-refractivity contribution in [3.05, 3.63) is 41.2 Å². The summed E-state index contributed by atoms with van der Waals surface area (Å²) >= 11 is 1.38. The molecule has 0 aliphatic carbocycles. The zero-order valence-electron chi connectivity index (χ0n) is 18.5. The van der Waals surface area contributed by atoms with Gasteiger partial charge in [-0.3, -0.25) is 9.20 Å². The normalized spacial score (nSPS) is 16.4. The third kappa shape index (κ3) is 3.76. The largest absolute Gasteiger partial charge is 0.478 e. The quantitative estimate of drug-likeness (QED) is 0.499. The van der Waals surface area contributed by atoms with Crippen molar-refractivity contribution in [2.75, 3.05) is 44.5 Å². The molecule has 166 valence electrons. The Bertz CT molecular complexity index is 1310. The van der Waals surface area contributed by atoms with Gasteiger partial charge >= 0.3 is 0 Å². The van der Waals surface area contributed by atoms with Gasteiger partial charge in [0, 0.05) is 30.7 Å². The molecule has 1 saturated heterocycles. The molecule has 0 aromatic carbocycles. The van der Waals surface area contributed by atoms with Gasteiger partial charge in [0.1, 0.15) is 10.6 Å². The van der Waals surface area contributed by atoms with Crippen molar-refractivity contribution in [1.82, 2.24) is 24.3 Å². The minimum atomic E-state index is -0.228. The fourth-order valence-corrected chi connectivity index (χ4v) is 4.96. The van der Waals surface area contributed by atoms with E-state index in [0.29, 0.717) is 28.3 Å². The molecule has 0 radical (unpaired) electrons. The number of carbonyl (C=O) groups excluding carboxylic acids is 1. The van der Waals surface area contributed by atoms with Crippen LogP contribution in [0.4, 0.5) is 11.6 Å². The van der Waals surface area contributed by atoms with E-state index in [1.165, 1.54) is 18.4 Å². The molecule has 32 heavy (non-hydrogen) atoms. The summed E-state index contributed by atoms with van der Waals surface area (Å²) in [4.78, 5) is 32.5. The van der Waals surface area contributed by atoms with Crippen LogP contribution in [0.25, 0.3) is 15.9 Å². The van der Waals surface area contributed by atoms with E-state index >= 15 is 0 Å². The Morgan fingerprint density at radius 3 is 2.84 bits per heavy atom. The lowest BCUT2D eigenvalue weighted by atomic mass is 10.2. The minimum absolute atomic E-state index is 0.228. The topological polar surface area (TPSA) is 87.9 Å². The number of carbonyl (C=O) groups is 1. The lowest BCUT2D eigenvalue weighted by Crippen LogP contribution is -2.31. The molecule has 1 fully saturated rings. The van der Waals surface area contributed by atoms with E-state index in [1.54, 1.807) is 10.6 Å². The highest BCUT2D eigenvalue weighted by Gasteiger charge is 2.25. The first-order chi connectivity index (χ1) is 15.4. The number of hydrogen-bond acceptors (Lipinski definition) is 8. The van der Waals surface area contributed by atoms with Gasteiger partial charge in [0.2, 0.25) is 5.65 Å². The maximum Gasteiger partial charge on any atom is 0.267 e. The highest BCUT2D eigenvalue weighted by atomic mass is 32.1. The molecular weight excluding hydrogens is 426 g/mol. The molecule has 1 amide bonds. The number of nitrogens with zero attached hydrogens (tertiary/aromatic N) is 6. The Hall–Kier alpha value is -3.24. The molecule has 5 heterocycles. The lowest BCUT2D eigenvalue weighted by molar-refractivity contribution is 0.103. The molecule has 1 aliphatic heterocycles. The van der Waals surface area contributed by atoms with Gasteiger partial charge in [-0.2, -0.15) is 4.98 Å². The molecule has 1 atom stereocenters. The van der Waals surface area contributed by atoms with Crippen LogP contribution in [0, 0.1) is 6.92 Å². The second-order valence-corrected chi connectivity index (χ2v) is 9.26. The first kappa shape index (κ1) is 20.7. The number of rotatable bonds is 5. The number of hydrogen-bond donors (Lipinski definition) is 1. The molecule has 0 unspecified atom stereocenters. The average molecular weight is 452 g/mol. The molecule has 5 rings (SSSR count). The van der Waals surface area contributed by atoms with Crippen LogP contribution in [-0.4, -0.2) is 70.5 Å². The van der Waals surface area contributed by atoms with Crippen molar-refractivity contribution in [3.8, 4) is 5.88 Å². The van der Waals surface area contributed by atoms with Crippen LogP contribution in [0.3, 0.4) is 0 Å². The molecule has 10 heteroatoms. The number of likely N-dealkylation sites (N-methyl/N-ethyl adjacent to an activating group) is 1. The van der Waals surface area contributed by atoms with Crippen molar-refractivity contribution >= 4 is 44.7 Å². The second kappa shape index (κ2) is 8.03. The van der Waals surface area contributed by atoms with E-state index in [4.69, 9.17) is 9.72 Å². The number of aromatic nitrogens is 4.